The van der Waals surface area contributed by atoms with Gasteiger partial charge in [-0.2, -0.15) is 0 Å². The lowest BCUT2D eigenvalue weighted by molar-refractivity contribution is -0.139. The van der Waals surface area contributed by atoms with Gasteiger partial charge in [0.25, 0.3) is 0 Å². The van der Waals surface area contributed by atoms with Gasteiger partial charge in [-0.15, -0.1) is 11.3 Å². The van der Waals surface area contributed by atoms with Gasteiger partial charge in [0.05, 0.1) is 24.2 Å². The fourth-order valence-corrected chi connectivity index (χ4v) is 1.53. The molecule has 0 saturated heterocycles. The van der Waals surface area contributed by atoms with Crippen LogP contribution < -0.4 is 4.78 Å². The molecule has 0 amide bonds. The first-order chi connectivity index (χ1) is 5.63. The predicted octanol–water partition coefficient (Wildman–Crippen LogP) is -0.0392. The zero-order chi connectivity index (χ0) is 9.14. The lowest BCUT2D eigenvalue weighted by Gasteiger charge is -1.95. The standard InChI is InChI=1S/C7H8BNO2S/c1-4-9-5(7(8)12-4)3-6(10)11-2/h3H2,1-2H3. The first kappa shape index (κ1) is 9.25. The van der Waals surface area contributed by atoms with E-state index >= 15 is 0 Å². The Morgan fingerprint density at radius 1 is 1.75 bits per heavy atom. The number of esters is 1. The van der Waals surface area contributed by atoms with Crippen LogP contribution in [0.4, 0.5) is 0 Å². The van der Waals surface area contributed by atoms with Gasteiger partial charge >= 0.3 is 5.97 Å². The van der Waals surface area contributed by atoms with Crippen LogP contribution in [0.2, 0.25) is 0 Å². The number of ether oxygens (including phenoxy) is 1. The first-order valence-electron chi connectivity index (χ1n) is 3.42. The van der Waals surface area contributed by atoms with Crippen LogP contribution in [0.25, 0.3) is 0 Å². The van der Waals surface area contributed by atoms with Crippen LogP contribution in [-0.2, 0) is 16.0 Å². The van der Waals surface area contributed by atoms with E-state index in [1.807, 2.05) is 6.92 Å². The van der Waals surface area contributed by atoms with E-state index in [0.29, 0.717) is 10.5 Å². The maximum Gasteiger partial charge on any atom is 0.311 e. The Balaban J connectivity index is 2.75. The summed E-state index contributed by atoms with van der Waals surface area (Å²) in [6.45, 7) is 1.85. The van der Waals surface area contributed by atoms with Gasteiger partial charge in [0.2, 0.25) is 0 Å². The molecule has 0 spiro atoms. The smallest absolute Gasteiger partial charge is 0.311 e. The molecule has 0 aliphatic rings. The summed E-state index contributed by atoms with van der Waals surface area (Å²) in [5, 5.41) is 0.867. The molecule has 0 N–H and O–H groups in total. The van der Waals surface area contributed by atoms with Crippen molar-refractivity contribution in [1.82, 2.24) is 4.98 Å². The molecule has 0 aliphatic heterocycles. The topological polar surface area (TPSA) is 39.2 Å². The lowest BCUT2D eigenvalue weighted by Crippen LogP contribution is -2.12. The van der Waals surface area contributed by atoms with E-state index in [1.54, 1.807) is 0 Å². The van der Waals surface area contributed by atoms with Crippen molar-refractivity contribution in [1.29, 1.82) is 0 Å². The predicted molar refractivity (Wildman–Crippen MR) is 48.0 cm³/mol. The van der Waals surface area contributed by atoms with E-state index in [-0.39, 0.29) is 12.4 Å². The minimum atomic E-state index is -0.313. The van der Waals surface area contributed by atoms with Crippen molar-refractivity contribution in [3.05, 3.63) is 10.7 Å². The molecule has 0 fully saturated rings. The number of aryl methyl sites for hydroxylation is 1. The molecule has 0 aromatic carbocycles. The Morgan fingerprint density at radius 2 is 2.42 bits per heavy atom. The van der Waals surface area contributed by atoms with Gasteiger partial charge in [-0.25, -0.2) is 4.98 Å². The third-order valence-corrected chi connectivity index (χ3v) is 2.22. The summed E-state index contributed by atoms with van der Waals surface area (Å²) in [6, 6.07) is 0. The minimum Gasteiger partial charge on any atom is -0.469 e. The molecule has 62 valence electrons. The van der Waals surface area contributed by atoms with E-state index in [1.165, 1.54) is 18.4 Å². The third-order valence-electron chi connectivity index (χ3n) is 1.37. The fourth-order valence-electron chi connectivity index (χ4n) is 0.822. The molecular weight excluding hydrogens is 173 g/mol. The molecule has 1 rings (SSSR count). The van der Waals surface area contributed by atoms with Crippen molar-refractivity contribution in [3.8, 4) is 0 Å². The summed E-state index contributed by atoms with van der Waals surface area (Å²) < 4.78 is 5.08. The number of rotatable bonds is 2. The molecule has 0 atom stereocenters. The van der Waals surface area contributed by atoms with Crippen molar-refractivity contribution in [2.24, 2.45) is 0 Å². The molecule has 5 heteroatoms. The molecule has 0 saturated carbocycles. The molecule has 1 heterocycles. The summed E-state index contributed by atoms with van der Waals surface area (Å²) in [5.74, 6) is -0.313. The second kappa shape index (κ2) is 3.71. The van der Waals surface area contributed by atoms with Crippen molar-refractivity contribution >= 4 is 29.9 Å². The maximum atomic E-state index is 10.8. The summed E-state index contributed by atoms with van der Waals surface area (Å²) >= 11 is 1.38. The average molecular weight is 181 g/mol. The molecule has 1 aromatic heterocycles. The van der Waals surface area contributed by atoms with E-state index in [4.69, 9.17) is 7.85 Å². The van der Waals surface area contributed by atoms with E-state index < -0.39 is 0 Å². The number of thiazole rings is 1. The molecule has 1 aromatic rings. The molecular formula is C7H8BNO2S. The highest BCUT2D eigenvalue weighted by molar-refractivity contribution is 7.19. The number of carbonyl (C=O) groups is 1. The Bertz CT molecular complexity index is 298. The molecule has 2 radical (unpaired) electrons. The van der Waals surface area contributed by atoms with Crippen molar-refractivity contribution in [3.63, 3.8) is 0 Å². The highest BCUT2D eigenvalue weighted by Gasteiger charge is 2.09. The second-order valence-electron chi connectivity index (χ2n) is 2.30. The first-order valence-corrected chi connectivity index (χ1v) is 4.23. The summed E-state index contributed by atoms with van der Waals surface area (Å²) in [6.07, 6.45) is 0.159. The van der Waals surface area contributed by atoms with E-state index in [2.05, 4.69) is 9.72 Å². The van der Waals surface area contributed by atoms with Gasteiger partial charge in [-0.1, -0.05) is 0 Å². The zero-order valence-electron chi connectivity index (χ0n) is 6.96. The normalized spacial score (nSPS) is 9.83. The number of methoxy groups -OCH3 is 1. The molecule has 0 aliphatic carbocycles. The molecule has 12 heavy (non-hydrogen) atoms. The number of hydrogen-bond acceptors (Lipinski definition) is 4. The van der Waals surface area contributed by atoms with Crippen molar-refractivity contribution in [2.75, 3.05) is 7.11 Å². The average Bonchev–Trinajstić information content (AvgIpc) is 2.30. The Hall–Kier alpha value is -0.835. The number of aromatic nitrogens is 1. The van der Waals surface area contributed by atoms with Crippen LogP contribution in [0.1, 0.15) is 10.7 Å². The zero-order valence-corrected chi connectivity index (χ0v) is 7.77. The van der Waals surface area contributed by atoms with E-state index in [9.17, 15) is 4.79 Å². The Labute approximate surface area is 76.2 Å². The van der Waals surface area contributed by atoms with Crippen molar-refractivity contribution in [2.45, 2.75) is 13.3 Å². The Kier molecular flexibility index (Phi) is 2.86. The largest absolute Gasteiger partial charge is 0.469 e. The second-order valence-corrected chi connectivity index (χ2v) is 3.53. The summed E-state index contributed by atoms with van der Waals surface area (Å²) in [7, 11) is 6.94. The van der Waals surface area contributed by atoms with Crippen molar-refractivity contribution < 1.29 is 9.53 Å². The molecule has 0 unspecified atom stereocenters. The molecule has 0 bridgehead atoms. The fraction of sp³-hybridized carbons (Fsp3) is 0.429. The molecule has 3 nitrogen and oxygen atoms in total. The van der Waals surface area contributed by atoms with Crippen LogP contribution in [0.3, 0.4) is 0 Å². The van der Waals surface area contributed by atoms with Crippen LogP contribution in [0.15, 0.2) is 0 Å². The van der Waals surface area contributed by atoms with Crippen LogP contribution >= 0.6 is 11.3 Å². The number of nitrogens with zero attached hydrogens (tertiary/aromatic N) is 1. The van der Waals surface area contributed by atoms with Gasteiger partial charge in [-0.3, -0.25) is 4.79 Å². The van der Waals surface area contributed by atoms with Crippen LogP contribution in [0.5, 0.6) is 0 Å². The summed E-state index contributed by atoms with van der Waals surface area (Å²) in [4.78, 5) is 14.9. The third kappa shape index (κ3) is 2.07. The highest BCUT2D eigenvalue weighted by atomic mass is 32.1. The van der Waals surface area contributed by atoms with Gasteiger partial charge in [0, 0.05) is 0 Å². The van der Waals surface area contributed by atoms with Gasteiger partial charge < -0.3 is 4.74 Å². The Morgan fingerprint density at radius 3 is 2.83 bits per heavy atom. The quantitative estimate of drug-likeness (QED) is 0.474. The van der Waals surface area contributed by atoms with Crippen LogP contribution in [0, 0.1) is 6.92 Å². The minimum absolute atomic E-state index is 0.159. The van der Waals surface area contributed by atoms with Gasteiger partial charge in [0.1, 0.15) is 7.85 Å². The van der Waals surface area contributed by atoms with Gasteiger partial charge in [0.15, 0.2) is 0 Å². The highest BCUT2D eigenvalue weighted by Crippen LogP contribution is 2.04. The lowest BCUT2D eigenvalue weighted by atomic mass is 10.0. The van der Waals surface area contributed by atoms with Gasteiger partial charge in [-0.05, 0) is 11.7 Å². The maximum absolute atomic E-state index is 10.8. The van der Waals surface area contributed by atoms with E-state index in [0.717, 1.165) is 5.01 Å². The summed E-state index contributed by atoms with van der Waals surface area (Å²) in [5.41, 5.74) is 0.615. The number of carbonyl (C=O) groups excluding carboxylic acids is 1. The number of hydrogen-bond donors (Lipinski definition) is 0. The monoisotopic (exact) mass is 181 g/mol. The van der Waals surface area contributed by atoms with Crippen LogP contribution in [-0.4, -0.2) is 25.9 Å². The SMILES string of the molecule is [B]c1sc(C)nc1CC(=O)OC.